The Balaban J connectivity index is 3.02. The Morgan fingerprint density at radius 3 is 2.45 bits per heavy atom. The van der Waals surface area contributed by atoms with Gasteiger partial charge in [-0.15, -0.1) is 0 Å². The van der Waals surface area contributed by atoms with Crippen molar-refractivity contribution < 1.29 is 9.47 Å². The molecule has 0 heterocycles. The average Bonchev–Trinajstić information content (AvgIpc) is 2.04. The van der Waals surface area contributed by atoms with Crippen LogP contribution in [-0.2, 0) is 9.47 Å². The second kappa shape index (κ2) is 7.76. The first-order valence-electron chi connectivity index (χ1n) is 4.08. The Bertz CT molecular complexity index is 108. The fraction of sp³-hybridized carbons (Fsp3) is 0.778. The van der Waals surface area contributed by atoms with Crippen LogP contribution in [0.4, 0.5) is 0 Å². The first-order chi connectivity index (χ1) is 5.31. The van der Waals surface area contributed by atoms with E-state index in [0.29, 0.717) is 13.2 Å². The topological polar surface area (TPSA) is 18.5 Å². The molecule has 0 aliphatic carbocycles. The molecular formula is C9H18O2. The predicted molar refractivity (Wildman–Crippen MR) is 46.7 cm³/mol. The zero-order chi connectivity index (χ0) is 8.53. The van der Waals surface area contributed by atoms with E-state index in [1.165, 1.54) is 5.57 Å². The molecule has 0 unspecified atom stereocenters. The van der Waals surface area contributed by atoms with Gasteiger partial charge in [-0.3, -0.25) is 0 Å². The molecular weight excluding hydrogens is 140 g/mol. The molecule has 11 heavy (non-hydrogen) atoms. The second-order valence-corrected chi connectivity index (χ2v) is 2.38. The molecule has 0 aliphatic rings. The highest BCUT2D eigenvalue weighted by molar-refractivity contribution is 4.95. The van der Waals surface area contributed by atoms with Crippen LogP contribution in [0.1, 0.15) is 20.8 Å². The minimum absolute atomic E-state index is 0.693. The van der Waals surface area contributed by atoms with Crippen LogP contribution >= 0.6 is 0 Å². The molecule has 0 spiro atoms. The van der Waals surface area contributed by atoms with Crippen molar-refractivity contribution in [2.45, 2.75) is 20.8 Å². The Labute approximate surface area is 69.2 Å². The van der Waals surface area contributed by atoms with Crippen LogP contribution in [0.15, 0.2) is 11.6 Å². The Hall–Kier alpha value is -0.340. The fourth-order valence-corrected chi connectivity index (χ4v) is 0.579. The molecule has 2 heteroatoms. The minimum Gasteiger partial charge on any atom is -0.379 e. The summed E-state index contributed by atoms with van der Waals surface area (Å²) in [5, 5.41) is 0. The second-order valence-electron chi connectivity index (χ2n) is 2.38. The highest BCUT2D eigenvalue weighted by Crippen LogP contribution is 1.91. The molecule has 0 fully saturated rings. The molecule has 0 amide bonds. The van der Waals surface area contributed by atoms with Crippen molar-refractivity contribution in [2.24, 2.45) is 0 Å². The number of rotatable bonds is 6. The fourth-order valence-electron chi connectivity index (χ4n) is 0.579. The largest absolute Gasteiger partial charge is 0.379 e. The highest BCUT2D eigenvalue weighted by Gasteiger charge is 1.88. The van der Waals surface area contributed by atoms with Crippen molar-refractivity contribution in [3.8, 4) is 0 Å². The van der Waals surface area contributed by atoms with Gasteiger partial charge in [-0.1, -0.05) is 11.6 Å². The molecule has 0 N–H and O–H groups in total. The van der Waals surface area contributed by atoms with Gasteiger partial charge in [0.2, 0.25) is 0 Å². The normalized spacial score (nSPS) is 12.1. The van der Waals surface area contributed by atoms with E-state index in [-0.39, 0.29) is 0 Å². The lowest BCUT2D eigenvalue weighted by Crippen LogP contribution is -2.05. The number of ether oxygens (including phenoxy) is 2. The summed E-state index contributed by atoms with van der Waals surface area (Å²) < 4.78 is 10.4. The lowest BCUT2D eigenvalue weighted by atomic mass is 10.3. The quantitative estimate of drug-likeness (QED) is 0.435. The van der Waals surface area contributed by atoms with E-state index in [1.807, 2.05) is 13.8 Å². The summed E-state index contributed by atoms with van der Waals surface area (Å²) in [7, 11) is 0. The zero-order valence-electron chi connectivity index (χ0n) is 7.72. The van der Waals surface area contributed by atoms with Crippen LogP contribution in [-0.4, -0.2) is 26.4 Å². The highest BCUT2D eigenvalue weighted by atomic mass is 16.5. The van der Waals surface area contributed by atoms with Crippen LogP contribution in [0, 0.1) is 0 Å². The lowest BCUT2D eigenvalue weighted by Gasteiger charge is -2.03. The zero-order valence-corrected chi connectivity index (χ0v) is 7.72. The first kappa shape index (κ1) is 10.7. The SMILES string of the molecule is CC=C(C)COCCOCC. The van der Waals surface area contributed by atoms with Gasteiger partial charge in [-0.25, -0.2) is 0 Å². The number of hydrogen-bond acceptors (Lipinski definition) is 2. The predicted octanol–water partition coefficient (Wildman–Crippen LogP) is 2.01. The van der Waals surface area contributed by atoms with Gasteiger partial charge in [0, 0.05) is 6.61 Å². The lowest BCUT2D eigenvalue weighted by molar-refractivity contribution is 0.0620. The summed E-state index contributed by atoms with van der Waals surface area (Å²) in [4.78, 5) is 0. The molecule has 0 bridgehead atoms. The Kier molecular flexibility index (Phi) is 7.52. The number of hydrogen-bond donors (Lipinski definition) is 0. The maximum Gasteiger partial charge on any atom is 0.0704 e. The molecule has 2 nitrogen and oxygen atoms in total. The van der Waals surface area contributed by atoms with E-state index in [9.17, 15) is 0 Å². The third kappa shape index (κ3) is 7.56. The van der Waals surface area contributed by atoms with Crippen molar-refractivity contribution in [3.63, 3.8) is 0 Å². The van der Waals surface area contributed by atoms with E-state index >= 15 is 0 Å². The summed E-state index contributed by atoms with van der Waals surface area (Å²) in [6.45, 7) is 8.95. The smallest absolute Gasteiger partial charge is 0.0704 e. The van der Waals surface area contributed by atoms with Crippen LogP contribution < -0.4 is 0 Å². The molecule has 0 aliphatic heterocycles. The molecule has 0 aromatic carbocycles. The number of allylic oxidation sites excluding steroid dienone is 1. The molecule has 0 radical (unpaired) electrons. The van der Waals surface area contributed by atoms with Gasteiger partial charge in [-0.2, -0.15) is 0 Å². The molecule has 0 saturated carbocycles. The van der Waals surface area contributed by atoms with Crippen LogP contribution in [0.5, 0.6) is 0 Å². The summed E-state index contributed by atoms with van der Waals surface area (Å²) >= 11 is 0. The minimum atomic E-state index is 0.693. The van der Waals surface area contributed by atoms with E-state index in [1.54, 1.807) is 0 Å². The van der Waals surface area contributed by atoms with Gasteiger partial charge in [-0.05, 0) is 20.8 Å². The molecule has 0 aromatic heterocycles. The summed E-state index contributed by atoms with van der Waals surface area (Å²) in [5.74, 6) is 0. The van der Waals surface area contributed by atoms with Crippen molar-refractivity contribution >= 4 is 0 Å². The van der Waals surface area contributed by atoms with Gasteiger partial charge in [0.1, 0.15) is 0 Å². The molecule has 0 aromatic rings. The van der Waals surface area contributed by atoms with Crippen molar-refractivity contribution in [2.75, 3.05) is 26.4 Å². The monoisotopic (exact) mass is 158 g/mol. The van der Waals surface area contributed by atoms with E-state index in [0.717, 1.165) is 13.2 Å². The summed E-state index contributed by atoms with van der Waals surface area (Å²) in [6.07, 6.45) is 2.06. The molecule has 0 atom stereocenters. The van der Waals surface area contributed by atoms with Gasteiger partial charge < -0.3 is 9.47 Å². The Morgan fingerprint density at radius 2 is 1.91 bits per heavy atom. The van der Waals surface area contributed by atoms with Crippen molar-refractivity contribution in [1.29, 1.82) is 0 Å². The third-order valence-electron chi connectivity index (χ3n) is 1.40. The van der Waals surface area contributed by atoms with Crippen LogP contribution in [0.3, 0.4) is 0 Å². The average molecular weight is 158 g/mol. The third-order valence-corrected chi connectivity index (χ3v) is 1.40. The molecule has 0 saturated heterocycles. The molecule has 66 valence electrons. The maximum absolute atomic E-state index is 5.30. The Morgan fingerprint density at radius 1 is 1.27 bits per heavy atom. The van der Waals surface area contributed by atoms with Crippen LogP contribution in [0.25, 0.3) is 0 Å². The van der Waals surface area contributed by atoms with Gasteiger partial charge in [0.05, 0.1) is 19.8 Å². The van der Waals surface area contributed by atoms with Crippen molar-refractivity contribution in [1.82, 2.24) is 0 Å². The standard InChI is InChI=1S/C9H18O2/c1-4-9(3)8-11-7-6-10-5-2/h4H,5-8H2,1-3H3. The van der Waals surface area contributed by atoms with Gasteiger partial charge in [0.25, 0.3) is 0 Å². The molecule has 0 rings (SSSR count). The summed E-state index contributed by atoms with van der Waals surface area (Å²) in [6, 6.07) is 0. The van der Waals surface area contributed by atoms with E-state index < -0.39 is 0 Å². The summed E-state index contributed by atoms with van der Waals surface area (Å²) in [5.41, 5.74) is 1.27. The maximum atomic E-state index is 5.30. The van der Waals surface area contributed by atoms with Gasteiger partial charge >= 0.3 is 0 Å². The van der Waals surface area contributed by atoms with Crippen molar-refractivity contribution in [3.05, 3.63) is 11.6 Å². The van der Waals surface area contributed by atoms with E-state index in [4.69, 9.17) is 9.47 Å². The first-order valence-corrected chi connectivity index (χ1v) is 4.08. The van der Waals surface area contributed by atoms with Crippen LogP contribution in [0.2, 0.25) is 0 Å². The van der Waals surface area contributed by atoms with Gasteiger partial charge in [0.15, 0.2) is 0 Å². The van der Waals surface area contributed by atoms with E-state index in [2.05, 4.69) is 13.0 Å².